The van der Waals surface area contributed by atoms with Crippen LogP contribution in [0.1, 0.15) is 25.3 Å². The van der Waals surface area contributed by atoms with Gasteiger partial charge in [0.05, 0.1) is 24.9 Å². The first kappa shape index (κ1) is 15.7. The van der Waals surface area contributed by atoms with Crippen LogP contribution in [0.4, 0.5) is 5.95 Å². The highest BCUT2D eigenvalue weighted by Gasteiger charge is 2.34. The van der Waals surface area contributed by atoms with Gasteiger partial charge in [-0.3, -0.25) is 0 Å². The van der Waals surface area contributed by atoms with Gasteiger partial charge in [0, 0.05) is 31.0 Å². The maximum absolute atomic E-state index is 10.7. The van der Waals surface area contributed by atoms with Crippen molar-refractivity contribution in [2.75, 3.05) is 24.6 Å². The van der Waals surface area contributed by atoms with Crippen LogP contribution in [-0.4, -0.2) is 55.4 Å². The molecule has 1 fully saturated rings. The fourth-order valence-corrected chi connectivity index (χ4v) is 2.75. The zero-order valence-electron chi connectivity index (χ0n) is 13.5. The van der Waals surface area contributed by atoms with E-state index in [4.69, 9.17) is 4.74 Å². The summed E-state index contributed by atoms with van der Waals surface area (Å²) in [5.41, 5.74) is 0.160. The molecule has 8 nitrogen and oxygen atoms in total. The Morgan fingerprint density at radius 3 is 2.78 bits per heavy atom. The van der Waals surface area contributed by atoms with E-state index in [2.05, 4.69) is 25.2 Å². The highest BCUT2D eigenvalue weighted by atomic mass is 16.5. The van der Waals surface area contributed by atoms with Crippen molar-refractivity contribution in [3.63, 3.8) is 0 Å². The van der Waals surface area contributed by atoms with Crippen molar-refractivity contribution in [2.24, 2.45) is 0 Å². The van der Waals surface area contributed by atoms with Crippen LogP contribution >= 0.6 is 0 Å². The normalized spacial score (nSPS) is 17.3. The topological polar surface area (TPSA) is 89.2 Å². The van der Waals surface area contributed by atoms with Crippen LogP contribution in [0, 0.1) is 6.92 Å². The molecule has 2 aromatic rings. The van der Waals surface area contributed by atoms with Gasteiger partial charge >= 0.3 is 0 Å². The lowest BCUT2D eigenvalue weighted by molar-refractivity contribution is -0.00367. The Hall–Kier alpha value is -2.22. The van der Waals surface area contributed by atoms with Crippen LogP contribution in [-0.2, 0) is 6.54 Å². The molecule has 23 heavy (non-hydrogen) atoms. The molecule has 0 spiro atoms. The second-order valence-electron chi connectivity index (χ2n) is 5.90. The molecule has 0 aromatic carbocycles. The minimum absolute atomic E-state index is 0.458. The van der Waals surface area contributed by atoms with Crippen molar-refractivity contribution in [1.29, 1.82) is 0 Å². The van der Waals surface area contributed by atoms with Gasteiger partial charge in [0.15, 0.2) is 0 Å². The van der Waals surface area contributed by atoms with Gasteiger partial charge in [0.2, 0.25) is 11.8 Å². The Morgan fingerprint density at radius 2 is 2.13 bits per heavy atom. The summed E-state index contributed by atoms with van der Waals surface area (Å²) in [5, 5.41) is 18.4. The fourth-order valence-electron chi connectivity index (χ4n) is 2.75. The van der Waals surface area contributed by atoms with E-state index in [-0.39, 0.29) is 0 Å². The molecular formula is C15H22N6O2. The summed E-state index contributed by atoms with van der Waals surface area (Å²) >= 11 is 0. The standard InChI is InChI=1S/C15H22N6O2/c1-3-23-13-12(2)10-16-14(18-13)20-7-4-15(22,5-8-20)11-21-9-6-17-19-21/h6,9-10,22H,3-5,7-8,11H2,1-2H3. The summed E-state index contributed by atoms with van der Waals surface area (Å²) in [6.45, 7) is 6.29. The average Bonchev–Trinajstić information content (AvgIpc) is 3.03. The number of hydrogen-bond donors (Lipinski definition) is 1. The van der Waals surface area contributed by atoms with Crippen molar-refractivity contribution in [1.82, 2.24) is 25.0 Å². The molecule has 1 N–H and O–H groups in total. The molecule has 0 saturated carbocycles. The van der Waals surface area contributed by atoms with Crippen LogP contribution in [0.5, 0.6) is 5.88 Å². The van der Waals surface area contributed by atoms with Crippen molar-refractivity contribution < 1.29 is 9.84 Å². The van der Waals surface area contributed by atoms with Crippen molar-refractivity contribution >= 4 is 5.95 Å². The molecule has 0 bridgehead atoms. The minimum Gasteiger partial charge on any atom is -0.478 e. The van der Waals surface area contributed by atoms with Crippen molar-refractivity contribution in [3.8, 4) is 5.88 Å². The van der Waals surface area contributed by atoms with Gasteiger partial charge in [-0.05, 0) is 26.7 Å². The molecule has 1 saturated heterocycles. The predicted molar refractivity (Wildman–Crippen MR) is 84.4 cm³/mol. The van der Waals surface area contributed by atoms with E-state index in [1.165, 1.54) is 0 Å². The molecule has 8 heteroatoms. The Kier molecular flexibility index (Phi) is 4.42. The number of hydrogen-bond acceptors (Lipinski definition) is 7. The fraction of sp³-hybridized carbons (Fsp3) is 0.600. The number of piperidine rings is 1. The van der Waals surface area contributed by atoms with E-state index < -0.39 is 5.60 Å². The molecule has 0 amide bonds. The number of aromatic nitrogens is 5. The SMILES string of the molecule is CCOc1nc(N2CCC(O)(Cn3ccnn3)CC2)ncc1C. The second-order valence-corrected chi connectivity index (χ2v) is 5.90. The third-order valence-corrected chi connectivity index (χ3v) is 4.10. The van der Waals surface area contributed by atoms with E-state index in [0.29, 0.717) is 50.9 Å². The lowest BCUT2D eigenvalue weighted by Gasteiger charge is -2.38. The highest BCUT2D eigenvalue weighted by molar-refractivity contribution is 5.36. The van der Waals surface area contributed by atoms with Gasteiger partial charge in [-0.15, -0.1) is 5.10 Å². The summed E-state index contributed by atoms with van der Waals surface area (Å²) in [6.07, 6.45) is 6.43. The summed E-state index contributed by atoms with van der Waals surface area (Å²) in [4.78, 5) is 11.0. The molecule has 1 aliphatic rings. The Morgan fingerprint density at radius 1 is 1.35 bits per heavy atom. The first-order valence-corrected chi connectivity index (χ1v) is 7.87. The summed E-state index contributed by atoms with van der Waals surface area (Å²) in [7, 11) is 0. The molecule has 3 rings (SSSR count). The average molecular weight is 318 g/mol. The summed E-state index contributed by atoms with van der Waals surface area (Å²) < 4.78 is 7.21. The Balaban J connectivity index is 1.65. The number of anilines is 1. The number of rotatable bonds is 5. The van der Waals surface area contributed by atoms with E-state index in [1.807, 2.05) is 13.8 Å². The molecule has 1 aliphatic heterocycles. The van der Waals surface area contributed by atoms with E-state index in [1.54, 1.807) is 23.3 Å². The van der Waals surface area contributed by atoms with Crippen molar-refractivity contribution in [2.45, 2.75) is 38.8 Å². The zero-order valence-corrected chi connectivity index (χ0v) is 13.5. The third-order valence-electron chi connectivity index (χ3n) is 4.10. The highest BCUT2D eigenvalue weighted by Crippen LogP contribution is 2.27. The smallest absolute Gasteiger partial charge is 0.228 e. The maximum atomic E-state index is 10.7. The molecule has 124 valence electrons. The van der Waals surface area contributed by atoms with Gasteiger partial charge in [-0.2, -0.15) is 4.98 Å². The van der Waals surface area contributed by atoms with Gasteiger partial charge in [-0.25, -0.2) is 9.67 Å². The van der Waals surface area contributed by atoms with Crippen LogP contribution in [0.15, 0.2) is 18.6 Å². The number of nitrogens with zero attached hydrogens (tertiary/aromatic N) is 6. The number of aliphatic hydroxyl groups is 1. The molecule has 0 aliphatic carbocycles. The van der Waals surface area contributed by atoms with Gasteiger partial charge < -0.3 is 14.7 Å². The molecule has 0 atom stereocenters. The molecular weight excluding hydrogens is 296 g/mol. The molecule has 2 aromatic heterocycles. The summed E-state index contributed by atoms with van der Waals surface area (Å²) in [6, 6.07) is 0. The van der Waals surface area contributed by atoms with Crippen molar-refractivity contribution in [3.05, 3.63) is 24.2 Å². The second kappa shape index (κ2) is 6.49. The van der Waals surface area contributed by atoms with E-state index in [0.717, 1.165) is 5.56 Å². The van der Waals surface area contributed by atoms with E-state index >= 15 is 0 Å². The Bertz CT molecular complexity index is 637. The van der Waals surface area contributed by atoms with E-state index in [9.17, 15) is 5.11 Å². The first-order chi connectivity index (χ1) is 11.1. The van der Waals surface area contributed by atoms with Gasteiger partial charge in [0.1, 0.15) is 0 Å². The van der Waals surface area contributed by atoms with Crippen LogP contribution in [0.3, 0.4) is 0 Å². The Labute approximate surface area is 135 Å². The number of ether oxygens (including phenoxy) is 1. The number of aryl methyl sites for hydroxylation is 1. The third kappa shape index (κ3) is 3.58. The quantitative estimate of drug-likeness (QED) is 0.872. The lowest BCUT2D eigenvalue weighted by Crippen LogP contribution is -2.47. The maximum Gasteiger partial charge on any atom is 0.228 e. The van der Waals surface area contributed by atoms with Crippen LogP contribution in [0.2, 0.25) is 0 Å². The zero-order chi connectivity index (χ0) is 16.3. The van der Waals surface area contributed by atoms with Crippen LogP contribution in [0.25, 0.3) is 0 Å². The monoisotopic (exact) mass is 318 g/mol. The minimum atomic E-state index is -0.766. The molecule has 0 radical (unpaired) electrons. The first-order valence-electron chi connectivity index (χ1n) is 7.87. The van der Waals surface area contributed by atoms with Crippen LogP contribution < -0.4 is 9.64 Å². The van der Waals surface area contributed by atoms with Gasteiger partial charge in [0.25, 0.3) is 0 Å². The predicted octanol–water partition coefficient (Wildman–Crippen LogP) is 0.807. The molecule has 0 unspecified atom stereocenters. The molecule has 3 heterocycles. The summed E-state index contributed by atoms with van der Waals surface area (Å²) in [5.74, 6) is 1.28. The lowest BCUT2D eigenvalue weighted by atomic mass is 9.91. The van der Waals surface area contributed by atoms with Gasteiger partial charge in [-0.1, -0.05) is 5.21 Å². The largest absolute Gasteiger partial charge is 0.478 e.